The van der Waals surface area contributed by atoms with E-state index in [4.69, 9.17) is 11.6 Å². The summed E-state index contributed by atoms with van der Waals surface area (Å²) < 4.78 is 27.4. The van der Waals surface area contributed by atoms with E-state index in [2.05, 4.69) is 10.2 Å². The lowest BCUT2D eigenvalue weighted by atomic mass is 10.1. The minimum Gasteiger partial charge on any atom is -0.345 e. The summed E-state index contributed by atoms with van der Waals surface area (Å²) in [6.07, 6.45) is 0. The van der Waals surface area contributed by atoms with Crippen LogP contribution < -0.4 is 5.32 Å². The van der Waals surface area contributed by atoms with E-state index in [1.807, 2.05) is 44.3 Å². The van der Waals surface area contributed by atoms with Gasteiger partial charge in [-0.2, -0.15) is 4.31 Å². The number of hydrogen-bond acceptors (Lipinski definition) is 4. The predicted octanol–water partition coefficient (Wildman–Crippen LogP) is 2.77. The van der Waals surface area contributed by atoms with Crippen molar-refractivity contribution in [2.45, 2.75) is 17.9 Å². The van der Waals surface area contributed by atoms with Gasteiger partial charge in [-0.1, -0.05) is 41.9 Å². The Morgan fingerprint density at radius 2 is 1.71 bits per heavy atom. The number of halogens is 1. The number of carbonyl (C=O) groups is 1. The van der Waals surface area contributed by atoms with Crippen LogP contribution in [0.3, 0.4) is 0 Å². The molecule has 1 saturated heterocycles. The lowest BCUT2D eigenvalue weighted by Gasteiger charge is -2.31. The number of nitrogens with zero attached hydrogens (tertiary/aromatic N) is 2. The van der Waals surface area contributed by atoms with Crippen LogP contribution >= 0.6 is 11.6 Å². The summed E-state index contributed by atoms with van der Waals surface area (Å²) >= 11 is 6.20. The Bertz CT molecular complexity index is 942. The van der Waals surface area contributed by atoms with Gasteiger partial charge < -0.3 is 10.2 Å². The van der Waals surface area contributed by atoms with E-state index in [1.165, 1.54) is 22.5 Å². The summed E-state index contributed by atoms with van der Waals surface area (Å²) in [7, 11) is -1.71. The molecule has 0 saturated carbocycles. The third-order valence-electron chi connectivity index (χ3n) is 4.93. The average molecular weight is 422 g/mol. The van der Waals surface area contributed by atoms with Crippen LogP contribution in [0.25, 0.3) is 0 Å². The maximum absolute atomic E-state index is 13.0. The summed E-state index contributed by atoms with van der Waals surface area (Å²) in [5.41, 5.74) is 1.10. The molecular weight excluding hydrogens is 398 g/mol. The normalized spacial score (nSPS) is 17.2. The highest BCUT2D eigenvalue weighted by atomic mass is 35.5. The highest BCUT2D eigenvalue weighted by molar-refractivity contribution is 7.89. The fourth-order valence-electron chi connectivity index (χ4n) is 3.12. The van der Waals surface area contributed by atoms with Crippen LogP contribution in [-0.2, 0) is 10.0 Å². The number of carbonyl (C=O) groups excluding carboxylic acids is 1. The van der Waals surface area contributed by atoms with Crippen LogP contribution in [0.15, 0.2) is 53.4 Å². The predicted molar refractivity (Wildman–Crippen MR) is 110 cm³/mol. The minimum atomic E-state index is -3.67. The van der Waals surface area contributed by atoms with Crippen molar-refractivity contribution in [2.75, 3.05) is 33.2 Å². The molecule has 1 aliphatic rings. The van der Waals surface area contributed by atoms with Crippen molar-refractivity contribution in [3.05, 3.63) is 64.7 Å². The van der Waals surface area contributed by atoms with E-state index in [0.29, 0.717) is 26.2 Å². The molecule has 28 heavy (non-hydrogen) atoms. The molecule has 150 valence electrons. The van der Waals surface area contributed by atoms with Crippen molar-refractivity contribution < 1.29 is 13.2 Å². The van der Waals surface area contributed by atoms with Gasteiger partial charge in [-0.25, -0.2) is 8.42 Å². The summed E-state index contributed by atoms with van der Waals surface area (Å²) in [5.74, 6) is -0.406. The van der Waals surface area contributed by atoms with Crippen molar-refractivity contribution in [3.8, 4) is 0 Å². The van der Waals surface area contributed by atoms with Gasteiger partial charge in [0.25, 0.3) is 5.91 Å². The van der Waals surface area contributed by atoms with Crippen LogP contribution in [0.5, 0.6) is 0 Å². The lowest BCUT2D eigenvalue weighted by Crippen LogP contribution is -2.47. The van der Waals surface area contributed by atoms with Crippen molar-refractivity contribution in [1.29, 1.82) is 0 Å². The van der Waals surface area contributed by atoms with E-state index < -0.39 is 15.9 Å². The lowest BCUT2D eigenvalue weighted by molar-refractivity contribution is 0.0940. The molecule has 1 heterocycles. The standard InChI is InChI=1S/C20H24ClN3O3S/c1-15(16-6-4-3-5-7-16)22-20(25)18-14-17(8-9-19(18)21)28(26,27)24-12-10-23(2)11-13-24/h3-9,14-15H,10-13H2,1-2H3,(H,22,25)/t15-/m0/s1. The van der Waals surface area contributed by atoms with E-state index in [1.54, 1.807) is 0 Å². The first-order chi connectivity index (χ1) is 13.3. The molecule has 1 aliphatic heterocycles. The van der Waals surface area contributed by atoms with Gasteiger partial charge in [0.15, 0.2) is 0 Å². The molecule has 2 aromatic carbocycles. The highest BCUT2D eigenvalue weighted by Crippen LogP contribution is 2.24. The van der Waals surface area contributed by atoms with Crippen molar-refractivity contribution in [3.63, 3.8) is 0 Å². The average Bonchev–Trinajstić information content (AvgIpc) is 2.69. The molecule has 0 aliphatic carbocycles. The van der Waals surface area contributed by atoms with Crippen LogP contribution in [0, 0.1) is 0 Å². The first kappa shape index (κ1) is 20.8. The Morgan fingerprint density at radius 3 is 2.36 bits per heavy atom. The number of hydrogen-bond donors (Lipinski definition) is 1. The van der Waals surface area contributed by atoms with Crippen molar-refractivity contribution in [2.24, 2.45) is 0 Å². The second kappa shape index (κ2) is 8.61. The molecule has 2 aromatic rings. The molecule has 1 amide bonds. The van der Waals surface area contributed by atoms with Gasteiger partial charge in [-0.15, -0.1) is 0 Å². The molecule has 0 spiro atoms. The first-order valence-corrected chi connectivity index (χ1v) is 10.9. The molecule has 8 heteroatoms. The Hall–Kier alpha value is -1.93. The molecule has 0 bridgehead atoms. The zero-order valence-corrected chi connectivity index (χ0v) is 17.5. The van der Waals surface area contributed by atoms with Crippen LogP contribution in [0.1, 0.15) is 28.9 Å². The highest BCUT2D eigenvalue weighted by Gasteiger charge is 2.28. The molecule has 1 N–H and O–H groups in total. The molecule has 3 rings (SSSR count). The molecule has 0 aromatic heterocycles. The van der Waals surface area contributed by atoms with E-state index in [0.717, 1.165) is 5.56 Å². The van der Waals surface area contributed by atoms with Gasteiger partial charge in [0.2, 0.25) is 10.0 Å². The van der Waals surface area contributed by atoms with Crippen molar-refractivity contribution >= 4 is 27.5 Å². The maximum Gasteiger partial charge on any atom is 0.253 e. The smallest absolute Gasteiger partial charge is 0.253 e. The Balaban J connectivity index is 1.82. The second-order valence-electron chi connectivity index (χ2n) is 6.95. The van der Waals surface area contributed by atoms with Crippen molar-refractivity contribution in [1.82, 2.24) is 14.5 Å². The number of benzene rings is 2. The number of piperazine rings is 1. The van der Waals surface area contributed by atoms with Crippen LogP contribution in [0.2, 0.25) is 5.02 Å². The van der Waals surface area contributed by atoms with Gasteiger partial charge in [0.1, 0.15) is 0 Å². The number of likely N-dealkylation sites (N-methyl/N-ethyl adjacent to an activating group) is 1. The van der Waals surface area contributed by atoms with Gasteiger partial charge in [-0.3, -0.25) is 4.79 Å². The molecule has 6 nitrogen and oxygen atoms in total. The number of amides is 1. The third kappa shape index (κ3) is 4.55. The van der Waals surface area contributed by atoms with Gasteiger partial charge in [0.05, 0.1) is 21.5 Å². The topological polar surface area (TPSA) is 69.7 Å². The van der Waals surface area contributed by atoms with Gasteiger partial charge >= 0.3 is 0 Å². The quantitative estimate of drug-likeness (QED) is 0.805. The fraction of sp³-hybridized carbons (Fsp3) is 0.350. The van der Waals surface area contributed by atoms with Crippen LogP contribution in [-0.4, -0.2) is 56.8 Å². The Kier molecular flexibility index (Phi) is 6.40. The SMILES string of the molecule is C[C@H](NC(=O)c1cc(S(=O)(=O)N2CCN(C)CC2)ccc1Cl)c1ccccc1. The zero-order valence-electron chi connectivity index (χ0n) is 15.9. The number of sulfonamides is 1. The summed E-state index contributed by atoms with van der Waals surface area (Å²) in [4.78, 5) is 14.9. The summed E-state index contributed by atoms with van der Waals surface area (Å²) in [6, 6.07) is 13.6. The second-order valence-corrected chi connectivity index (χ2v) is 9.30. The Morgan fingerprint density at radius 1 is 1.07 bits per heavy atom. The molecular formula is C20H24ClN3O3S. The molecule has 1 fully saturated rings. The third-order valence-corrected chi connectivity index (χ3v) is 7.15. The first-order valence-electron chi connectivity index (χ1n) is 9.13. The van der Waals surface area contributed by atoms with E-state index in [-0.39, 0.29) is 21.5 Å². The minimum absolute atomic E-state index is 0.0824. The largest absolute Gasteiger partial charge is 0.345 e. The maximum atomic E-state index is 13.0. The molecule has 0 unspecified atom stereocenters. The number of nitrogens with one attached hydrogen (secondary N) is 1. The monoisotopic (exact) mass is 421 g/mol. The zero-order chi connectivity index (χ0) is 20.3. The summed E-state index contributed by atoms with van der Waals surface area (Å²) in [6.45, 7) is 4.07. The van der Waals surface area contributed by atoms with Crippen LogP contribution in [0.4, 0.5) is 0 Å². The van der Waals surface area contributed by atoms with E-state index >= 15 is 0 Å². The van der Waals surface area contributed by atoms with Gasteiger partial charge in [0, 0.05) is 26.2 Å². The molecule has 0 radical (unpaired) electrons. The van der Waals surface area contributed by atoms with Gasteiger partial charge in [-0.05, 0) is 37.7 Å². The summed E-state index contributed by atoms with van der Waals surface area (Å²) in [5, 5.41) is 3.10. The number of rotatable bonds is 5. The molecule has 1 atom stereocenters. The Labute approximate surface area is 171 Å². The fourth-order valence-corrected chi connectivity index (χ4v) is 4.77. The van der Waals surface area contributed by atoms with E-state index in [9.17, 15) is 13.2 Å².